The highest BCUT2D eigenvalue weighted by Crippen LogP contribution is 2.29. The van der Waals surface area contributed by atoms with Gasteiger partial charge in [0.05, 0.1) is 12.7 Å². The molecule has 1 N–H and O–H groups in total. The van der Waals surface area contributed by atoms with Gasteiger partial charge in [0.1, 0.15) is 5.75 Å². The molecule has 15 heavy (non-hydrogen) atoms. The van der Waals surface area contributed by atoms with Gasteiger partial charge in [-0.1, -0.05) is 12.1 Å². The number of hydrogen-bond donors (Lipinski definition) is 1. The van der Waals surface area contributed by atoms with Gasteiger partial charge in [-0.15, -0.1) is 0 Å². The Morgan fingerprint density at radius 3 is 2.93 bits per heavy atom. The molecule has 0 heterocycles. The van der Waals surface area contributed by atoms with Gasteiger partial charge in [0.15, 0.2) is 0 Å². The summed E-state index contributed by atoms with van der Waals surface area (Å²) in [4.78, 5) is 0. The molecule has 1 fully saturated rings. The predicted octanol–water partition coefficient (Wildman–Crippen LogP) is 2.40. The van der Waals surface area contributed by atoms with Crippen LogP contribution in [0.1, 0.15) is 25.3 Å². The molecule has 2 heteroatoms. The van der Waals surface area contributed by atoms with Gasteiger partial charge in [0.2, 0.25) is 0 Å². The van der Waals surface area contributed by atoms with E-state index in [4.69, 9.17) is 4.74 Å². The first-order valence-electron chi connectivity index (χ1n) is 5.64. The fourth-order valence-corrected chi connectivity index (χ4v) is 1.60. The maximum Gasteiger partial charge on any atom is 0.119 e. The molecule has 1 aliphatic rings. The third-order valence-electron chi connectivity index (χ3n) is 2.61. The van der Waals surface area contributed by atoms with Crippen LogP contribution in [0.25, 0.3) is 0 Å². The van der Waals surface area contributed by atoms with Gasteiger partial charge in [-0.25, -0.2) is 0 Å². The molecule has 0 aliphatic heterocycles. The fraction of sp³-hybridized carbons (Fsp3) is 0.538. The minimum atomic E-state index is -0.288. The van der Waals surface area contributed by atoms with E-state index >= 15 is 0 Å². The van der Waals surface area contributed by atoms with Gasteiger partial charge in [-0.05, 0) is 49.8 Å². The lowest BCUT2D eigenvalue weighted by Crippen LogP contribution is -2.05. The number of hydrogen-bond acceptors (Lipinski definition) is 2. The van der Waals surface area contributed by atoms with Crippen LogP contribution in [0, 0.1) is 5.92 Å². The number of aliphatic hydroxyl groups excluding tert-OH is 1. The van der Waals surface area contributed by atoms with E-state index in [-0.39, 0.29) is 6.10 Å². The lowest BCUT2D eigenvalue weighted by molar-refractivity contribution is 0.195. The summed E-state index contributed by atoms with van der Waals surface area (Å²) in [7, 11) is 0. The van der Waals surface area contributed by atoms with Crippen LogP contribution in [0.3, 0.4) is 0 Å². The summed E-state index contributed by atoms with van der Waals surface area (Å²) < 4.78 is 5.67. The van der Waals surface area contributed by atoms with E-state index in [9.17, 15) is 5.11 Å². The van der Waals surface area contributed by atoms with Gasteiger partial charge >= 0.3 is 0 Å². The Labute approximate surface area is 90.9 Å². The largest absolute Gasteiger partial charge is 0.493 e. The lowest BCUT2D eigenvalue weighted by atomic mass is 10.1. The minimum absolute atomic E-state index is 0.288. The molecule has 1 unspecified atom stereocenters. The first kappa shape index (κ1) is 10.5. The average Bonchev–Trinajstić information content (AvgIpc) is 2.97. The van der Waals surface area contributed by atoms with Crippen molar-refractivity contribution in [3.05, 3.63) is 29.8 Å². The molecule has 0 radical (unpaired) electrons. The zero-order valence-corrected chi connectivity index (χ0v) is 9.15. The van der Waals surface area contributed by atoms with Gasteiger partial charge in [0, 0.05) is 0 Å². The van der Waals surface area contributed by atoms with Crippen LogP contribution >= 0.6 is 0 Å². The third-order valence-corrected chi connectivity index (χ3v) is 2.61. The van der Waals surface area contributed by atoms with Crippen molar-refractivity contribution in [1.82, 2.24) is 0 Å². The molecule has 1 aliphatic carbocycles. The standard InChI is InChI=1S/C13H18O2/c1-10(14)7-12-3-2-4-13(8-12)15-9-11-5-6-11/h2-4,8,10-11,14H,5-7,9H2,1H3. The summed E-state index contributed by atoms with van der Waals surface area (Å²) >= 11 is 0. The van der Waals surface area contributed by atoms with Crippen molar-refractivity contribution in [1.29, 1.82) is 0 Å². The van der Waals surface area contributed by atoms with E-state index in [0.29, 0.717) is 6.42 Å². The second-order valence-corrected chi connectivity index (χ2v) is 4.45. The third kappa shape index (κ3) is 3.56. The Balaban J connectivity index is 1.91. The van der Waals surface area contributed by atoms with Crippen molar-refractivity contribution in [2.45, 2.75) is 32.3 Å². The Morgan fingerprint density at radius 1 is 1.47 bits per heavy atom. The molecular weight excluding hydrogens is 188 g/mol. The fourth-order valence-electron chi connectivity index (χ4n) is 1.60. The SMILES string of the molecule is CC(O)Cc1cccc(OCC2CC2)c1. The minimum Gasteiger partial charge on any atom is -0.493 e. The highest BCUT2D eigenvalue weighted by atomic mass is 16.5. The molecule has 1 atom stereocenters. The molecule has 82 valence electrons. The molecular formula is C13H18O2. The number of ether oxygens (including phenoxy) is 1. The van der Waals surface area contributed by atoms with Gasteiger partial charge in [0.25, 0.3) is 0 Å². The summed E-state index contributed by atoms with van der Waals surface area (Å²) in [5.74, 6) is 1.71. The average molecular weight is 206 g/mol. The summed E-state index contributed by atoms with van der Waals surface area (Å²) in [5.41, 5.74) is 1.14. The topological polar surface area (TPSA) is 29.5 Å². The molecule has 1 saturated carbocycles. The molecule has 1 aromatic carbocycles. The quantitative estimate of drug-likeness (QED) is 0.801. The highest BCUT2D eigenvalue weighted by Gasteiger charge is 2.21. The van der Waals surface area contributed by atoms with E-state index < -0.39 is 0 Å². The number of benzene rings is 1. The van der Waals surface area contributed by atoms with E-state index in [1.54, 1.807) is 6.92 Å². The van der Waals surface area contributed by atoms with Crippen molar-refractivity contribution in [2.24, 2.45) is 5.92 Å². The zero-order chi connectivity index (χ0) is 10.7. The van der Waals surface area contributed by atoms with E-state index in [2.05, 4.69) is 0 Å². The molecule has 2 rings (SSSR count). The Hall–Kier alpha value is -1.02. The first-order chi connectivity index (χ1) is 7.24. The Morgan fingerprint density at radius 2 is 2.27 bits per heavy atom. The maximum atomic E-state index is 9.28. The van der Waals surface area contributed by atoms with Crippen molar-refractivity contribution in [2.75, 3.05) is 6.61 Å². The predicted molar refractivity (Wildman–Crippen MR) is 60.0 cm³/mol. The van der Waals surface area contributed by atoms with Crippen molar-refractivity contribution < 1.29 is 9.84 Å². The van der Waals surface area contributed by atoms with E-state index in [0.717, 1.165) is 23.8 Å². The summed E-state index contributed by atoms with van der Waals surface area (Å²) in [6.07, 6.45) is 3.03. The zero-order valence-electron chi connectivity index (χ0n) is 9.15. The van der Waals surface area contributed by atoms with Crippen LogP contribution in [-0.2, 0) is 6.42 Å². The van der Waals surface area contributed by atoms with Crippen LogP contribution in [-0.4, -0.2) is 17.8 Å². The summed E-state index contributed by atoms with van der Waals surface area (Å²) in [6, 6.07) is 8.01. The van der Waals surface area contributed by atoms with Crippen molar-refractivity contribution in [3.63, 3.8) is 0 Å². The highest BCUT2D eigenvalue weighted by molar-refractivity contribution is 5.28. The normalized spacial score (nSPS) is 17.5. The van der Waals surface area contributed by atoms with Crippen LogP contribution in [0.2, 0.25) is 0 Å². The second-order valence-electron chi connectivity index (χ2n) is 4.45. The second kappa shape index (κ2) is 4.67. The van der Waals surface area contributed by atoms with Crippen LogP contribution in [0.15, 0.2) is 24.3 Å². The smallest absolute Gasteiger partial charge is 0.119 e. The first-order valence-corrected chi connectivity index (χ1v) is 5.64. The Kier molecular flexibility index (Phi) is 3.27. The van der Waals surface area contributed by atoms with Crippen LogP contribution in [0.4, 0.5) is 0 Å². The molecule has 0 bridgehead atoms. The van der Waals surface area contributed by atoms with Gasteiger partial charge < -0.3 is 9.84 Å². The molecule has 1 aromatic rings. The molecule has 0 amide bonds. The van der Waals surface area contributed by atoms with Crippen molar-refractivity contribution >= 4 is 0 Å². The summed E-state index contributed by atoms with van der Waals surface area (Å²) in [5, 5.41) is 9.28. The molecule has 2 nitrogen and oxygen atoms in total. The number of rotatable bonds is 5. The maximum absolute atomic E-state index is 9.28. The molecule has 0 saturated heterocycles. The van der Waals surface area contributed by atoms with Crippen LogP contribution in [0.5, 0.6) is 5.75 Å². The van der Waals surface area contributed by atoms with Gasteiger partial charge in [-0.2, -0.15) is 0 Å². The van der Waals surface area contributed by atoms with Crippen LogP contribution < -0.4 is 4.74 Å². The summed E-state index contributed by atoms with van der Waals surface area (Å²) in [6.45, 7) is 2.65. The van der Waals surface area contributed by atoms with Crippen molar-refractivity contribution in [3.8, 4) is 5.75 Å². The van der Waals surface area contributed by atoms with E-state index in [1.807, 2.05) is 24.3 Å². The molecule has 0 aromatic heterocycles. The molecule has 0 spiro atoms. The van der Waals surface area contributed by atoms with Gasteiger partial charge in [-0.3, -0.25) is 0 Å². The lowest BCUT2D eigenvalue weighted by Gasteiger charge is -2.08. The Bertz CT molecular complexity index is 316. The monoisotopic (exact) mass is 206 g/mol. The number of aliphatic hydroxyl groups is 1. The van der Waals surface area contributed by atoms with E-state index in [1.165, 1.54) is 12.8 Å².